The fourth-order valence-electron chi connectivity index (χ4n) is 5.14. The minimum absolute atomic E-state index is 0. The first-order valence-electron chi connectivity index (χ1n) is 12.8. The molecule has 0 aromatic heterocycles. The van der Waals surface area contributed by atoms with E-state index in [1.807, 2.05) is 69.0 Å². The number of aryl methyl sites for hydroxylation is 4. The Morgan fingerprint density at radius 3 is 1.63 bits per heavy atom. The van der Waals surface area contributed by atoms with Gasteiger partial charge in [-0.1, -0.05) is 48.5 Å². The first kappa shape index (κ1) is 29.7. The van der Waals surface area contributed by atoms with Crippen LogP contribution in [0.15, 0.2) is 60.7 Å². The quantitative estimate of drug-likeness (QED) is 0.467. The van der Waals surface area contributed by atoms with Gasteiger partial charge in [-0.2, -0.15) is 13.2 Å². The molecule has 1 heterocycles. The summed E-state index contributed by atoms with van der Waals surface area (Å²) in [5, 5.41) is 0. The van der Waals surface area contributed by atoms with Crippen molar-refractivity contribution in [2.24, 2.45) is 0 Å². The Morgan fingerprint density at radius 1 is 0.737 bits per heavy atom. The predicted molar refractivity (Wildman–Crippen MR) is 141 cm³/mol. The molecule has 4 nitrogen and oxygen atoms in total. The summed E-state index contributed by atoms with van der Waals surface area (Å²) in [6, 6.07) is 18.0. The maximum atomic E-state index is 13.6. The average molecular weight is 549 g/mol. The summed E-state index contributed by atoms with van der Waals surface area (Å²) in [6.07, 6.45) is -4.37. The molecule has 0 amide bonds. The Labute approximate surface area is 229 Å². The monoisotopic (exact) mass is 548 g/mol. The number of piperazine rings is 1. The molecule has 3 aromatic carbocycles. The standard InChI is InChI=1S/C30H35F3N2O2.ClH/c1-21-9-7-10-22(2)28(21)36-19-25(20-37-29-23(3)11-8-12-24(29)4)34-15-17-35(18-16-34)27-14-6-5-13-26(27)30(31,32)33;/h5-14,25H,15-20H2,1-4H3;1H. The second-order valence-corrected chi connectivity index (χ2v) is 9.92. The van der Waals surface area contributed by atoms with Crippen LogP contribution in [0.1, 0.15) is 27.8 Å². The lowest BCUT2D eigenvalue weighted by atomic mass is 10.1. The second kappa shape index (κ2) is 12.8. The van der Waals surface area contributed by atoms with E-state index in [9.17, 15) is 13.2 Å². The van der Waals surface area contributed by atoms with Crippen LogP contribution < -0.4 is 31.7 Å². The van der Waals surface area contributed by atoms with Gasteiger partial charge in [-0.05, 0) is 62.1 Å². The number of hydrogen-bond donors (Lipinski definition) is 1. The zero-order valence-corrected chi connectivity index (χ0v) is 23.1. The summed E-state index contributed by atoms with van der Waals surface area (Å²) in [7, 11) is 0. The topological polar surface area (TPSA) is 26.1 Å². The number of anilines is 1. The minimum Gasteiger partial charge on any atom is -1.00 e. The van der Waals surface area contributed by atoms with Crippen LogP contribution in [0, 0.1) is 27.7 Å². The summed E-state index contributed by atoms with van der Waals surface area (Å²) >= 11 is 0. The maximum Gasteiger partial charge on any atom is 0.418 e. The van der Waals surface area contributed by atoms with Gasteiger partial charge < -0.3 is 31.7 Å². The van der Waals surface area contributed by atoms with Crippen molar-refractivity contribution in [3.63, 3.8) is 0 Å². The summed E-state index contributed by atoms with van der Waals surface area (Å²) in [4.78, 5) is 3.13. The second-order valence-electron chi connectivity index (χ2n) is 9.92. The lowest BCUT2D eigenvalue weighted by Crippen LogP contribution is -3.19. The van der Waals surface area contributed by atoms with E-state index in [4.69, 9.17) is 9.47 Å². The SMILES string of the molecule is Cc1cccc(C)c1OCC(COc1c(C)cccc1C)[NH+]1CCN(c2ccccc2C(F)(F)F)CC1.[Cl-]. The van der Waals surface area contributed by atoms with Gasteiger partial charge in [-0.25, -0.2) is 0 Å². The number of halogens is 4. The molecular formula is C30H36ClF3N2O2. The van der Waals surface area contributed by atoms with Crippen molar-refractivity contribution in [3.05, 3.63) is 88.5 Å². The van der Waals surface area contributed by atoms with E-state index >= 15 is 0 Å². The van der Waals surface area contributed by atoms with Crippen molar-refractivity contribution in [1.82, 2.24) is 0 Å². The van der Waals surface area contributed by atoms with Gasteiger partial charge in [0.15, 0.2) is 6.04 Å². The van der Waals surface area contributed by atoms with Crippen molar-refractivity contribution >= 4 is 5.69 Å². The molecule has 4 rings (SSSR count). The number of quaternary nitrogens is 1. The van der Waals surface area contributed by atoms with Crippen molar-refractivity contribution in [2.45, 2.75) is 39.9 Å². The van der Waals surface area contributed by atoms with Gasteiger partial charge in [0, 0.05) is 5.69 Å². The van der Waals surface area contributed by atoms with Gasteiger partial charge in [0.05, 0.1) is 31.7 Å². The highest BCUT2D eigenvalue weighted by atomic mass is 35.5. The third kappa shape index (κ3) is 6.94. The van der Waals surface area contributed by atoms with Crippen LogP contribution >= 0.6 is 0 Å². The molecule has 0 spiro atoms. The van der Waals surface area contributed by atoms with Crippen molar-refractivity contribution in [3.8, 4) is 11.5 Å². The molecule has 1 fully saturated rings. The van der Waals surface area contributed by atoms with Crippen LogP contribution in [-0.4, -0.2) is 45.4 Å². The van der Waals surface area contributed by atoms with Crippen LogP contribution in [-0.2, 0) is 6.18 Å². The third-order valence-electron chi connectivity index (χ3n) is 7.21. The number of hydrogen-bond acceptors (Lipinski definition) is 3. The van der Waals surface area contributed by atoms with Crippen LogP contribution in [0.25, 0.3) is 0 Å². The molecule has 8 heteroatoms. The number of para-hydroxylation sites is 3. The van der Waals surface area contributed by atoms with E-state index in [0.29, 0.717) is 39.4 Å². The fourth-order valence-corrected chi connectivity index (χ4v) is 5.14. The number of ether oxygens (including phenoxy) is 2. The molecule has 0 bridgehead atoms. The lowest BCUT2D eigenvalue weighted by molar-refractivity contribution is -0.926. The van der Waals surface area contributed by atoms with Crippen LogP contribution in [0.2, 0.25) is 0 Å². The third-order valence-corrected chi connectivity index (χ3v) is 7.21. The Balaban J connectivity index is 0.00000400. The Hall–Kier alpha value is -2.90. The fraction of sp³-hybridized carbons (Fsp3) is 0.400. The molecule has 0 atom stereocenters. The normalized spacial score (nSPS) is 14.4. The Morgan fingerprint density at radius 2 is 1.18 bits per heavy atom. The first-order chi connectivity index (χ1) is 17.6. The first-order valence-corrected chi connectivity index (χ1v) is 12.8. The van der Waals surface area contributed by atoms with Gasteiger partial charge in [0.2, 0.25) is 0 Å². The van der Waals surface area contributed by atoms with Gasteiger partial charge in [0.1, 0.15) is 24.7 Å². The molecular weight excluding hydrogens is 513 g/mol. The highest BCUT2D eigenvalue weighted by Crippen LogP contribution is 2.36. The van der Waals surface area contributed by atoms with E-state index in [2.05, 4.69) is 0 Å². The molecule has 206 valence electrons. The molecule has 0 unspecified atom stereocenters. The molecule has 0 radical (unpaired) electrons. The zero-order chi connectivity index (χ0) is 26.6. The largest absolute Gasteiger partial charge is 1.00 e. The summed E-state index contributed by atoms with van der Waals surface area (Å²) < 4.78 is 53.5. The maximum absolute atomic E-state index is 13.6. The summed E-state index contributed by atoms with van der Waals surface area (Å²) in [5.41, 5.74) is 4.00. The number of nitrogens with one attached hydrogen (secondary N) is 1. The van der Waals surface area contributed by atoms with E-state index in [-0.39, 0.29) is 24.1 Å². The highest BCUT2D eigenvalue weighted by molar-refractivity contribution is 5.55. The Bertz CT molecular complexity index is 1110. The van der Waals surface area contributed by atoms with Crippen molar-refractivity contribution in [1.29, 1.82) is 0 Å². The summed E-state index contributed by atoms with van der Waals surface area (Å²) in [6.45, 7) is 11.5. The molecule has 1 N–H and O–H groups in total. The predicted octanol–water partition coefficient (Wildman–Crippen LogP) is 2.17. The molecule has 1 aliphatic heterocycles. The van der Waals surface area contributed by atoms with Crippen LogP contribution in [0.4, 0.5) is 18.9 Å². The van der Waals surface area contributed by atoms with Gasteiger partial charge >= 0.3 is 6.18 Å². The Kier molecular flexibility index (Phi) is 9.96. The van der Waals surface area contributed by atoms with Crippen LogP contribution in [0.5, 0.6) is 11.5 Å². The molecule has 3 aromatic rings. The van der Waals surface area contributed by atoms with Gasteiger partial charge in [-0.15, -0.1) is 0 Å². The van der Waals surface area contributed by atoms with Gasteiger partial charge in [0.25, 0.3) is 0 Å². The molecule has 0 saturated carbocycles. The number of alkyl halides is 3. The van der Waals surface area contributed by atoms with E-state index < -0.39 is 11.7 Å². The molecule has 1 aliphatic rings. The number of benzene rings is 3. The summed E-state index contributed by atoms with van der Waals surface area (Å²) in [5.74, 6) is 1.77. The van der Waals surface area contributed by atoms with Crippen LogP contribution in [0.3, 0.4) is 0 Å². The smallest absolute Gasteiger partial charge is 0.418 e. The van der Waals surface area contributed by atoms with Crippen molar-refractivity contribution in [2.75, 3.05) is 44.3 Å². The lowest BCUT2D eigenvalue weighted by Gasteiger charge is -2.38. The number of nitrogens with zero attached hydrogens (tertiary/aromatic N) is 1. The highest BCUT2D eigenvalue weighted by Gasteiger charge is 2.36. The van der Waals surface area contributed by atoms with Crippen molar-refractivity contribution < 1.29 is 40.0 Å². The van der Waals surface area contributed by atoms with E-state index in [1.54, 1.807) is 12.1 Å². The van der Waals surface area contributed by atoms with Gasteiger partial charge in [-0.3, -0.25) is 0 Å². The molecule has 38 heavy (non-hydrogen) atoms. The molecule has 0 aliphatic carbocycles. The molecule has 1 saturated heterocycles. The number of rotatable bonds is 8. The van der Waals surface area contributed by atoms with E-state index in [1.165, 1.54) is 11.0 Å². The van der Waals surface area contributed by atoms with E-state index in [0.717, 1.165) is 39.8 Å². The minimum atomic E-state index is -4.37. The zero-order valence-electron chi connectivity index (χ0n) is 22.4. The average Bonchev–Trinajstić information content (AvgIpc) is 2.86.